The molecule has 1 aromatic carbocycles. The minimum atomic E-state index is -0.649. The molecule has 1 heterocycles. The molecule has 0 spiro atoms. The van der Waals surface area contributed by atoms with E-state index >= 15 is 0 Å². The molecule has 0 bridgehead atoms. The highest BCUT2D eigenvalue weighted by atomic mass is 35.5. The van der Waals surface area contributed by atoms with Crippen LogP contribution in [0.1, 0.15) is 40.5 Å². The summed E-state index contributed by atoms with van der Waals surface area (Å²) in [6, 6.07) is 7.98. The summed E-state index contributed by atoms with van der Waals surface area (Å²) in [4.78, 5) is 23.8. The molecule has 0 saturated carbocycles. The molecular weight excluding hydrogens is 342 g/mol. The van der Waals surface area contributed by atoms with E-state index in [0.29, 0.717) is 18.8 Å². The number of halogens is 1. The van der Waals surface area contributed by atoms with Gasteiger partial charge in [0.25, 0.3) is 5.91 Å². The molecule has 1 N–H and O–H groups in total. The summed E-state index contributed by atoms with van der Waals surface area (Å²) in [5.41, 5.74) is 2.85. The number of amides is 1. The van der Waals surface area contributed by atoms with Gasteiger partial charge in [0.05, 0.1) is 12.2 Å². The molecule has 0 aliphatic heterocycles. The summed E-state index contributed by atoms with van der Waals surface area (Å²) in [7, 11) is 0. The van der Waals surface area contributed by atoms with Crippen LogP contribution >= 0.6 is 11.6 Å². The first-order chi connectivity index (χ1) is 11.9. The Hall–Kier alpha value is -2.34. The average molecular weight is 364 g/mol. The fourth-order valence-electron chi connectivity index (χ4n) is 2.28. The molecule has 2 rings (SSSR count). The molecule has 0 unspecified atom stereocenters. The molecule has 0 aliphatic carbocycles. The maximum Gasteiger partial charge on any atom is 0.343 e. The number of nitrogens with one attached hydrogen (secondary N) is 1. The molecule has 0 atom stereocenters. The van der Waals surface area contributed by atoms with E-state index in [1.54, 1.807) is 11.6 Å². The predicted octanol–water partition coefficient (Wildman–Crippen LogP) is 2.88. The van der Waals surface area contributed by atoms with Gasteiger partial charge in [0, 0.05) is 6.54 Å². The van der Waals surface area contributed by atoms with Crippen LogP contribution in [-0.2, 0) is 16.1 Å². The quantitative estimate of drug-likeness (QED) is 0.768. The van der Waals surface area contributed by atoms with Gasteiger partial charge in [-0.3, -0.25) is 4.79 Å². The summed E-state index contributed by atoms with van der Waals surface area (Å²) in [5, 5.41) is 7.16. The Morgan fingerprint density at radius 3 is 2.56 bits per heavy atom. The molecule has 0 aliphatic rings. The number of rotatable bonds is 7. The lowest BCUT2D eigenvalue weighted by molar-refractivity contribution is -0.124. The average Bonchev–Trinajstić information content (AvgIpc) is 2.86. The molecule has 134 valence electrons. The Morgan fingerprint density at radius 2 is 1.92 bits per heavy atom. The number of hydrogen-bond donors (Lipinski definition) is 1. The standard InChI is InChI=1S/C18H22ClN3O3/c1-4-9-20-15(23)11-25-18(24)16-13(3)21-22(17(16)19)10-14-7-5-12(2)6-8-14/h5-8H,4,9-11H2,1-3H3,(H,20,23). The maximum atomic E-state index is 12.2. The molecule has 6 nitrogen and oxygen atoms in total. The first-order valence-electron chi connectivity index (χ1n) is 8.14. The molecule has 7 heteroatoms. The van der Waals surface area contributed by atoms with Crippen molar-refractivity contribution in [1.29, 1.82) is 0 Å². The molecule has 1 amide bonds. The third-order valence-electron chi connectivity index (χ3n) is 3.63. The van der Waals surface area contributed by atoms with Gasteiger partial charge in [0.2, 0.25) is 0 Å². The number of hydrogen-bond acceptors (Lipinski definition) is 4. The predicted molar refractivity (Wildman–Crippen MR) is 95.8 cm³/mol. The number of nitrogens with zero attached hydrogens (tertiary/aromatic N) is 2. The van der Waals surface area contributed by atoms with Crippen molar-refractivity contribution in [3.8, 4) is 0 Å². The summed E-state index contributed by atoms with van der Waals surface area (Å²) in [6.45, 7) is 6.30. The van der Waals surface area contributed by atoms with Crippen LogP contribution < -0.4 is 5.32 Å². The van der Waals surface area contributed by atoms with Crippen molar-refractivity contribution in [3.05, 3.63) is 51.8 Å². The number of aromatic nitrogens is 2. The zero-order valence-corrected chi connectivity index (χ0v) is 15.4. The van der Waals surface area contributed by atoms with E-state index in [1.165, 1.54) is 0 Å². The molecule has 0 radical (unpaired) electrons. The fourth-order valence-corrected chi connectivity index (χ4v) is 2.59. The second-order valence-corrected chi connectivity index (χ2v) is 6.18. The minimum Gasteiger partial charge on any atom is -0.452 e. The van der Waals surface area contributed by atoms with E-state index in [2.05, 4.69) is 10.4 Å². The molecule has 2 aromatic rings. The van der Waals surface area contributed by atoms with Crippen LogP contribution in [0.3, 0.4) is 0 Å². The van der Waals surface area contributed by atoms with Gasteiger partial charge in [0.15, 0.2) is 6.61 Å². The summed E-state index contributed by atoms with van der Waals surface area (Å²) >= 11 is 6.30. The lowest BCUT2D eigenvalue weighted by Gasteiger charge is -2.06. The van der Waals surface area contributed by atoms with Crippen LogP contribution in [0.5, 0.6) is 0 Å². The van der Waals surface area contributed by atoms with Crippen LogP contribution in [0.2, 0.25) is 5.15 Å². The van der Waals surface area contributed by atoms with Gasteiger partial charge >= 0.3 is 5.97 Å². The number of benzene rings is 1. The Balaban J connectivity index is 2.06. The third kappa shape index (κ3) is 5.06. The Labute approximate surface area is 152 Å². The highest BCUT2D eigenvalue weighted by molar-refractivity contribution is 6.32. The molecule has 25 heavy (non-hydrogen) atoms. The van der Waals surface area contributed by atoms with Crippen molar-refractivity contribution in [1.82, 2.24) is 15.1 Å². The maximum absolute atomic E-state index is 12.2. The highest BCUT2D eigenvalue weighted by Gasteiger charge is 2.22. The van der Waals surface area contributed by atoms with E-state index in [-0.39, 0.29) is 23.2 Å². The van der Waals surface area contributed by atoms with Crippen LogP contribution in [0.15, 0.2) is 24.3 Å². The molecule has 0 fully saturated rings. The smallest absolute Gasteiger partial charge is 0.343 e. The second-order valence-electron chi connectivity index (χ2n) is 5.82. The first-order valence-corrected chi connectivity index (χ1v) is 8.52. The Morgan fingerprint density at radius 1 is 1.24 bits per heavy atom. The lowest BCUT2D eigenvalue weighted by atomic mass is 10.1. The van der Waals surface area contributed by atoms with Crippen LogP contribution in [0.25, 0.3) is 0 Å². The van der Waals surface area contributed by atoms with Gasteiger partial charge < -0.3 is 10.1 Å². The van der Waals surface area contributed by atoms with Crippen LogP contribution in [-0.4, -0.2) is 34.8 Å². The van der Waals surface area contributed by atoms with Gasteiger partial charge in [-0.25, -0.2) is 9.48 Å². The third-order valence-corrected chi connectivity index (χ3v) is 4.01. The monoisotopic (exact) mass is 363 g/mol. The van der Waals surface area contributed by atoms with Gasteiger partial charge in [0.1, 0.15) is 10.7 Å². The van der Waals surface area contributed by atoms with Gasteiger partial charge in [-0.1, -0.05) is 48.4 Å². The number of esters is 1. The summed E-state index contributed by atoms with van der Waals surface area (Å²) in [6.07, 6.45) is 0.816. The number of aryl methyl sites for hydroxylation is 2. The fraction of sp³-hybridized carbons (Fsp3) is 0.389. The summed E-state index contributed by atoms with van der Waals surface area (Å²) in [5.74, 6) is -0.986. The van der Waals surface area contributed by atoms with Crippen LogP contribution in [0, 0.1) is 13.8 Å². The van der Waals surface area contributed by atoms with Crippen molar-refractivity contribution < 1.29 is 14.3 Å². The Bertz CT molecular complexity index is 754. The zero-order valence-electron chi connectivity index (χ0n) is 14.6. The van der Waals surface area contributed by atoms with E-state index in [9.17, 15) is 9.59 Å². The van der Waals surface area contributed by atoms with Crippen LogP contribution in [0.4, 0.5) is 0 Å². The number of carbonyl (C=O) groups excluding carboxylic acids is 2. The Kier molecular flexibility index (Phi) is 6.58. The molecular formula is C18H22ClN3O3. The van der Waals surface area contributed by atoms with Crippen molar-refractivity contribution in [2.45, 2.75) is 33.7 Å². The normalized spacial score (nSPS) is 10.6. The van der Waals surface area contributed by atoms with E-state index in [1.807, 2.05) is 38.1 Å². The largest absolute Gasteiger partial charge is 0.452 e. The van der Waals surface area contributed by atoms with Crippen molar-refractivity contribution in [2.24, 2.45) is 0 Å². The zero-order chi connectivity index (χ0) is 18.4. The second kappa shape index (κ2) is 8.67. The van der Waals surface area contributed by atoms with E-state index in [4.69, 9.17) is 16.3 Å². The first kappa shape index (κ1) is 19.0. The lowest BCUT2D eigenvalue weighted by Crippen LogP contribution is -2.29. The van der Waals surface area contributed by atoms with Crippen molar-refractivity contribution >= 4 is 23.5 Å². The topological polar surface area (TPSA) is 73.2 Å². The molecule has 0 saturated heterocycles. The van der Waals surface area contributed by atoms with E-state index < -0.39 is 5.97 Å². The van der Waals surface area contributed by atoms with Gasteiger partial charge in [-0.2, -0.15) is 5.10 Å². The minimum absolute atomic E-state index is 0.192. The van der Waals surface area contributed by atoms with Gasteiger partial charge in [-0.05, 0) is 25.8 Å². The van der Waals surface area contributed by atoms with Crippen molar-refractivity contribution in [2.75, 3.05) is 13.2 Å². The number of ether oxygens (including phenoxy) is 1. The van der Waals surface area contributed by atoms with Crippen molar-refractivity contribution in [3.63, 3.8) is 0 Å². The van der Waals surface area contributed by atoms with E-state index in [0.717, 1.165) is 17.5 Å². The highest BCUT2D eigenvalue weighted by Crippen LogP contribution is 2.22. The number of carbonyl (C=O) groups is 2. The van der Waals surface area contributed by atoms with Gasteiger partial charge in [-0.15, -0.1) is 0 Å². The SMILES string of the molecule is CCCNC(=O)COC(=O)c1c(C)nn(Cc2ccc(C)cc2)c1Cl. The molecule has 1 aromatic heterocycles. The summed E-state index contributed by atoms with van der Waals surface area (Å²) < 4.78 is 6.59.